The molecule has 0 aliphatic carbocycles. The largest absolute Gasteiger partial charge is 0.321 e. The first-order valence-electron chi connectivity index (χ1n) is 11.8. The van der Waals surface area contributed by atoms with Crippen molar-refractivity contribution < 1.29 is 4.79 Å². The van der Waals surface area contributed by atoms with Gasteiger partial charge in [-0.05, 0) is 70.3 Å². The zero-order valence-corrected chi connectivity index (χ0v) is 20.3. The number of fused-ring (bicyclic) bond motifs is 1. The molecule has 2 aliphatic rings. The zero-order chi connectivity index (χ0) is 23.1. The number of thiophene rings is 1. The molecule has 0 spiro atoms. The average Bonchev–Trinajstić information content (AvgIpc) is 3.50. The fraction of sp³-hybridized carbons (Fsp3) is 0.480. The third-order valence-corrected chi connectivity index (χ3v) is 8.15. The first kappa shape index (κ1) is 22.3. The molecule has 1 amide bonds. The Bertz CT molecular complexity index is 1260. The Kier molecular flexibility index (Phi) is 6.07. The number of likely N-dealkylation sites (tertiary alicyclic amines) is 2. The van der Waals surface area contributed by atoms with E-state index >= 15 is 0 Å². The molecule has 2 aromatic heterocycles. The number of anilines is 1. The SMILES string of the molecule is Cc1ccc(NC(=O)c2sc3nc(CN4CCC(N5CCCC5)C4)[nH]c(=O)c3c2C)c(C)c1. The van der Waals surface area contributed by atoms with Crippen molar-refractivity contribution in [2.24, 2.45) is 0 Å². The first-order valence-corrected chi connectivity index (χ1v) is 12.6. The van der Waals surface area contributed by atoms with Crippen LogP contribution in [0.4, 0.5) is 5.69 Å². The van der Waals surface area contributed by atoms with Crippen molar-refractivity contribution in [3.8, 4) is 0 Å². The van der Waals surface area contributed by atoms with E-state index in [9.17, 15) is 9.59 Å². The van der Waals surface area contributed by atoms with Crippen LogP contribution in [0.2, 0.25) is 0 Å². The number of aromatic nitrogens is 2. The van der Waals surface area contributed by atoms with Gasteiger partial charge in [0.15, 0.2) is 0 Å². The van der Waals surface area contributed by atoms with E-state index in [-0.39, 0.29) is 11.5 Å². The lowest BCUT2D eigenvalue weighted by atomic mass is 10.1. The van der Waals surface area contributed by atoms with Crippen LogP contribution in [-0.4, -0.2) is 57.9 Å². The number of amides is 1. The van der Waals surface area contributed by atoms with Crippen LogP contribution in [0.15, 0.2) is 23.0 Å². The Balaban J connectivity index is 1.35. The van der Waals surface area contributed by atoms with Gasteiger partial charge < -0.3 is 10.3 Å². The second kappa shape index (κ2) is 9.00. The number of hydrogen-bond acceptors (Lipinski definition) is 6. The molecule has 2 aliphatic heterocycles. The van der Waals surface area contributed by atoms with E-state index < -0.39 is 0 Å². The van der Waals surface area contributed by atoms with Gasteiger partial charge in [0.25, 0.3) is 11.5 Å². The first-order chi connectivity index (χ1) is 15.9. The molecule has 2 saturated heterocycles. The fourth-order valence-corrected chi connectivity index (χ4v) is 6.28. The van der Waals surface area contributed by atoms with Crippen molar-refractivity contribution in [3.63, 3.8) is 0 Å². The molecule has 1 unspecified atom stereocenters. The highest BCUT2D eigenvalue weighted by Crippen LogP contribution is 2.29. The summed E-state index contributed by atoms with van der Waals surface area (Å²) in [6, 6.07) is 6.55. The number of carbonyl (C=O) groups excluding carboxylic acids is 1. The van der Waals surface area contributed by atoms with Crippen molar-refractivity contribution in [2.75, 3.05) is 31.5 Å². The molecule has 0 saturated carbocycles. The highest BCUT2D eigenvalue weighted by Gasteiger charge is 2.29. The lowest BCUT2D eigenvalue weighted by Gasteiger charge is -2.23. The van der Waals surface area contributed by atoms with Gasteiger partial charge in [0, 0.05) is 24.8 Å². The van der Waals surface area contributed by atoms with Crippen LogP contribution in [0.3, 0.4) is 0 Å². The van der Waals surface area contributed by atoms with Gasteiger partial charge in [-0.1, -0.05) is 17.7 Å². The van der Waals surface area contributed by atoms with E-state index in [0.717, 1.165) is 29.9 Å². The second-order valence-corrected chi connectivity index (χ2v) is 10.4. The summed E-state index contributed by atoms with van der Waals surface area (Å²) in [5.74, 6) is 0.480. The second-order valence-electron chi connectivity index (χ2n) is 9.44. The van der Waals surface area contributed by atoms with E-state index in [2.05, 4.69) is 20.1 Å². The van der Waals surface area contributed by atoms with E-state index in [4.69, 9.17) is 4.98 Å². The molecule has 2 fully saturated rings. The Morgan fingerprint density at radius 3 is 2.76 bits per heavy atom. The van der Waals surface area contributed by atoms with Crippen molar-refractivity contribution in [2.45, 2.75) is 52.6 Å². The third-order valence-electron chi connectivity index (χ3n) is 6.96. The summed E-state index contributed by atoms with van der Waals surface area (Å²) >= 11 is 1.30. The van der Waals surface area contributed by atoms with Crippen molar-refractivity contribution in [3.05, 3.63) is 55.9 Å². The Morgan fingerprint density at radius 1 is 1.21 bits per heavy atom. The standard InChI is InChI=1S/C25H31N5O2S/c1-15-6-7-19(16(2)12-15)26-24(32)22-17(3)21-23(31)27-20(28-25(21)33-22)14-29-11-8-18(13-29)30-9-4-5-10-30/h6-7,12,18H,4-5,8-11,13-14H2,1-3H3,(H,26,32)(H,27,28,31). The van der Waals surface area contributed by atoms with Gasteiger partial charge in [-0.15, -0.1) is 11.3 Å². The van der Waals surface area contributed by atoms with Crippen LogP contribution in [0, 0.1) is 20.8 Å². The highest BCUT2D eigenvalue weighted by atomic mass is 32.1. The zero-order valence-electron chi connectivity index (χ0n) is 19.5. The molecule has 0 bridgehead atoms. The van der Waals surface area contributed by atoms with Gasteiger partial charge in [-0.25, -0.2) is 4.98 Å². The smallest absolute Gasteiger partial charge is 0.266 e. The van der Waals surface area contributed by atoms with Crippen molar-refractivity contribution in [1.82, 2.24) is 19.8 Å². The average molecular weight is 466 g/mol. The summed E-state index contributed by atoms with van der Waals surface area (Å²) in [6.07, 6.45) is 3.78. The molecule has 0 radical (unpaired) electrons. The van der Waals surface area contributed by atoms with Gasteiger partial charge in [-0.3, -0.25) is 19.4 Å². The lowest BCUT2D eigenvalue weighted by molar-refractivity contribution is 0.103. The Labute approximate surface area is 197 Å². The summed E-state index contributed by atoms with van der Waals surface area (Å²) in [5, 5.41) is 3.52. The molecule has 3 aromatic rings. The monoisotopic (exact) mass is 465 g/mol. The molecule has 8 heteroatoms. The van der Waals surface area contributed by atoms with Crippen LogP contribution in [0.5, 0.6) is 0 Å². The normalized spacial score (nSPS) is 19.5. The minimum absolute atomic E-state index is 0.162. The summed E-state index contributed by atoms with van der Waals surface area (Å²) in [5.41, 5.74) is 3.47. The molecule has 174 valence electrons. The summed E-state index contributed by atoms with van der Waals surface area (Å²) in [7, 11) is 0. The quantitative estimate of drug-likeness (QED) is 0.599. The van der Waals surface area contributed by atoms with Gasteiger partial charge in [0.2, 0.25) is 0 Å². The third kappa shape index (κ3) is 4.47. The molecule has 5 rings (SSSR count). The van der Waals surface area contributed by atoms with Crippen molar-refractivity contribution in [1.29, 1.82) is 0 Å². The number of aryl methyl sites for hydroxylation is 3. The molecule has 2 N–H and O–H groups in total. The fourth-order valence-electron chi connectivity index (χ4n) is 5.19. The molecule has 7 nitrogen and oxygen atoms in total. The van der Waals surface area contributed by atoms with Crippen LogP contribution < -0.4 is 10.9 Å². The molecule has 1 atom stereocenters. The van der Waals surface area contributed by atoms with Crippen LogP contribution in [-0.2, 0) is 6.54 Å². The topological polar surface area (TPSA) is 81.3 Å². The number of aromatic amines is 1. The minimum atomic E-state index is -0.198. The number of H-pyrrole nitrogens is 1. The molecule has 33 heavy (non-hydrogen) atoms. The Hall–Kier alpha value is -2.55. The van der Waals surface area contributed by atoms with Crippen LogP contribution in [0.1, 0.15) is 51.4 Å². The van der Waals surface area contributed by atoms with E-state index in [1.807, 2.05) is 39.0 Å². The maximum absolute atomic E-state index is 13.0. The van der Waals surface area contributed by atoms with E-state index in [1.54, 1.807) is 0 Å². The maximum Gasteiger partial charge on any atom is 0.266 e. The number of rotatable bonds is 5. The van der Waals surface area contributed by atoms with E-state index in [1.165, 1.54) is 43.7 Å². The number of carbonyl (C=O) groups is 1. The lowest BCUT2D eigenvalue weighted by Crippen LogP contribution is -2.35. The highest BCUT2D eigenvalue weighted by molar-refractivity contribution is 7.20. The number of nitrogens with one attached hydrogen (secondary N) is 2. The predicted molar refractivity (Wildman–Crippen MR) is 133 cm³/mol. The molecule has 1 aromatic carbocycles. The molecule has 4 heterocycles. The van der Waals surface area contributed by atoms with Gasteiger partial charge in [-0.2, -0.15) is 0 Å². The van der Waals surface area contributed by atoms with E-state index in [0.29, 0.717) is 39.1 Å². The number of hydrogen-bond donors (Lipinski definition) is 2. The summed E-state index contributed by atoms with van der Waals surface area (Å²) in [4.78, 5) is 39.8. The minimum Gasteiger partial charge on any atom is -0.321 e. The van der Waals surface area contributed by atoms with Gasteiger partial charge in [0.1, 0.15) is 10.7 Å². The van der Waals surface area contributed by atoms with Crippen molar-refractivity contribution >= 4 is 33.1 Å². The summed E-state index contributed by atoms with van der Waals surface area (Å²) < 4.78 is 0. The maximum atomic E-state index is 13.0. The van der Waals surface area contributed by atoms with Crippen LogP contribution in [0.25, 0.3) is 10.2 Å². The Morgan fingerprint density at radius 2 is 2.00 bits per heavy atom. The molecular weight excluding hydrogens is 434 g/mol. The van der Waals surface area contributed by atoms with Gasteiger partial charge >= 0.3 is 0 Å². The number of benzene rings is 1. The molecular formula is C25H31N5O2S. The van der Waals surface area contributed by atoms with Crippen LogP contribution >= 0.6 is 11.3 Å². The predicted octanol–water partition coefficient (Wildman–Crippen LogP) is 3.83. The summed E-state index contributed by atoms with van der Waals surface area (Å²) in [6.45, 7) is 10.9. The van der Waals surface area contributed by atoms with Gasteiger partial charge in [0.05, 0.1) is 16.8 Å². The number of nitrogens with zero attached hydrogens (tertiary/aromatic N) is 3.